The maximum absolute atomic E-state index is 8.86. The zero-order valence-electron chi connectivity index (χ0n) is 10.9. The highest BCUT2D eigenvalue weighted by atomic mass is 16.5. The van der Waals surface area contributed by atoms with Crippen LogP contribution in [0.2, 0.25) is 0 Å². The van der Waals surface area contributed by atoms with Crippen molar-refractivity contribution in [3.8, 4) is 11.8 Å². The van der Waals surface area contributed by atoms with E-state index in [4.69, 9.17) is 19.5 Å². The van der Waals surface area contributed by atoms with Crippen molar-refractivity contribution in [3.63, 3.8) is 0 Å². The fourth-order valence-corrected chi connectivity index (χ4v) is 1.47. The molecule has 0 amide bonds. The Kier molecular flexibility index (Phi) is 6.85. The molecule has 4 heteroatoms. The largest absolute Gasteiger partial charge is 0.495 e. The second-order valence-corrected chi connectivity index (χ2v) is 3.81. The van der Waals surface area contributed by atoms with Gasteiger partial charge in [0.25, 0.3) is 0 Å². The van der Waals surface area contributed by atoms with E-state index in [0.29, 0.717) is 31.1 Å². The lowest BCUT2D eigenvalue weighted by atomic mass is 10.1. The lowest BCUT2D eigenvalue weighted by molar-refractivity contribution is 0.0408. The number of nitriles is 1. The summed E-state index contributed by atoms with van der Waals surface area (Å²) in [7, 11) is 1.55. The molecule has 0 atom stereocenters. The number of ether oxygens (including phenoxy) is 3. The number of rotatable bonds is 8. The fourth-order valence-electron chi connectivity index (χ4n) is 1.47. The standard InChI is InChI=1S/C14H19NO3/c1-3-6-17-7-8-18-11-12-4-5-13(10-15)14(9-12)16-2/h4-5,9H,3,6-8,11H2,1-2H3. The van der Waals surface area contributed by atoms with Crippen LogP contribution in [0.3, 0.4) is 0 Å². The van der Waals surface area contributed by atoms with Gasteiger partial charge in [0.2, 0.25) is 0 Å². The minimum atomic E-state index is 0.498. The highest BCUT2D eigenvalue weighted by Crippen LogP contribution is 2.19. The molecule has 1 rings (SSSR count). The molecule has 0 aliphatic rings. The van der Waals surface area contributed by atoms with Gasteiger partial charge >= 0.3 is 0 Å². The molecular formula is C14H19NO3. The van der Waals surface area contributed by atoms with E-state index >= 15 is 0 Å². The molecule has 0 fully saturated rings. The summed E-state index contributed by atoms with van der Waals surface area (Å²) < 4.78 is 15.9. The second-order valence-electron chi connectivity index (χ2n) is 3.81. The van der Waals surface area contributed by atoms with E-state index in [0.717, 1.165) is 18.6 Å². The van der Waals surface area contributed by atoms with E-state index in [1.54, 1.807) is 13.2 Å². The normalized spacial score (nSPS) is 10.1. The topological polar surface area (TPSA) is 51.5 Å². The van der Waals surface area contributed by atoms with Crippen LogP contribution in [-0.4, -0.2) is 26.9 Å². The number of hydrogen-bond donors (Lipinski definition) is 0. The summed E-state index contributed by atoms with van der Waals surface area (Å²) in [5.74, 6) is 0.584. The Bertz CT molecular complexity index is 399. The Morgan fingerprint density at radius 2 is 1.94 bits per heavy atom. The molecule has 0 aliphatic heterocycles. The summed E-state index contributed by atoms with van der Waals surface area (Å²) in [6, 6.07) is 7.51. The smallest absolute Gasteiger partial charge is 0.136 e. The molecule has 4 nitrogen and oxygen atoms in total. The van der Waals surface area contributed by atoms with Gasteiger partial charge in [0, 0.05) is 6.61 Å². The third-order valence-electron chi connectivity index (χ3n) is 2.38. The van der Waals surface area contributed by atoms with E-state index in [9.17, 15) is 0 Å². The van der Waals surface area contributed by atoms with Gasteiger partial charge in [-0.2, -0.15) is 5.26 Å². The van der Waals surface area contributed by atoms with Crippen molar-refractivity contribution in [1.29, 1.82) is 5.26 Å². The van der Waals surface area contributed by atoms with Crippen molar-refractivity contribution < 1.29 is 14.2 Å². The third-order valence-corrected chi connectivity index (χ3v) is 2.38. The molecule has 1 aromatic carbocycles. The second kappa shape index (κ2) is 8.51. The predicted molar refractivity (Wildman–Crippen MR) is 68.5 cm³/mol. The summed E-state index contributed by atoms with van der Waals surface area (Å²) >= 11 is 0. The first-order valence-electron chi connectivity index (χ1n) is 6.04. The minimum absolute atomic E-state index is 0.498. The molecule has 0 spiro atoms. The molecule has 1 aromatic rings. The first-order chi connectivity index (χ1) is 8.81. The Morgan fingerprint density at radius 1 is 1.17 bits per heavy atom. The van der Waals surface area contributed by atoms with Gasteiger partial charge in [-0.15, -0.1) is 0 Å². The van der Waals surface area contributed by atoms with Crippen LogP contribution in [0.4, 0.5) is 0 Å². The van der Waals surface area contributed by atoms with Crippen molar-refractivity contribution in [1.82, 2.24) is 0 Å². The van der Waals surface area contributed by atoms with Gasteiger partial charge in [0.15, 0.2) is 0 Å². The van der Waals surface area contributed by atoms with Crippen molar-refractivity contribution in [3.05, 3.63) is 29.3 Å². The monoisotopic (exact) mass is 249 g/mol. The molecule has 0 saturated carbocycles. The lowest BCUT2D eigenvalue weighted by Crippen LogP contribution is -2.05. The summed E-state index contributed by atoms with van der Waals surface area (Å²) in [6.07, 6.45) is 1.02. The number of methoxy groups -OCH3 is 1. The Balaban J connectivity index is 2.37. The van der Waals surface area contributed by atoms with Crippen LogP contribution >= 0.6 is 0 Å². The van der Waals surface area contributed by atoms with Crippen molar-refractivity contribution in [2.45, 2.75) is 20.0 Å². The van der Waals surface area contributed by atoms with Crippen LogP contribution in [0.5, 0.6) is 5.75 Å². The summed E-state index contributed by atoms with van der Waals surface area (Å²) in [6.45, 7) is 4.53. The number of hydrogen-bond acceptors (Lipinski definition) is 4. The number of benzene rings is 1. The molecular weight excluding hydrogens is 230 g/mol. The highest BCUT2D eigenvalue weighted by Gasteiger charge is 2.03. The van der Waals surface area contributed by atoms with Crippen LogP contribution in [0.25, 0.3) is 0 Å². The molecule has 0 N–H and O–H groups in total. The molecule has 0 unspecified atom stereocenters. The van der Waals surface area contributed by atoms with Crippen molar-refractivity contribution in [2.75, 3.05) is 26.9 Å². The van der Waals surface area contributed by atoms with Gasteiger partial charge in [-0.1, -0.05) is 13.0 Å². The van der Waals surface area contributed by atoms with Gasteiger partial charge in [-0.05, 0) is 24.1 Å². The molecule has 0 radical (unpaired) electrons. The van der Waals surface area contributed by atoms with E-state index in [2.05, 4.69) is 13.0 Å². The maximum atomic E-state index is 8.86. The number of nitrogens with zero attached hydrogens (tertiary/aromatic N) is 1. The third kappa shape index (κ3) is 4.74. The van der Waals surface area contributed by atoms with Crippen LogP contribution < -0.4 is 4.74 Å². The fraction of sp³-hybridized carbons (Fsp3) is 0.500. The van der Waals surface area contributed by atoms with Gasteiger partial charge in [0.05, 0.1) is 32.5 Å². The zero-order valence-corrected chi connectivity index (χ0v) is 10.9. The van der Waals surface area contributed by atoms with Crippen LogP contribution in [0.15, 0.2) is 18.2 Å². The first kappa shape index (κ1) is 14.5. The average Bonchev–Trinajstić information content (AvgIpc) is 2.42. The summed E-state index contributed by atoms with van der Waals surface area (Å²) in [5, 5.41) is 8.86. The highest BCUT2D eigenvalue weighted by molar-refractivity contribution is 5.45. The van der Waals surface area contributed by atoms with Crippen molar-refractivity contribution in [2.24, 2.45) is 0 Å². The molecule has 0 heterocycles. The Hall–Kier alpha value is -1.57. The minimum Gasteiger partial charge on any atom is -0.495 e. The summed E-state index contributed by atoms with van der Waals surface area (Å²) in [4.78, 5) is 0. The Morgan fingerprint density at radius 3 is 2.61 bits per heavy atom. The SMILES string of the molecule is CCCOCCOCc1ccc(C#N)c(OC)c1. The van der Waals surface area contributed by atoms with Crippen molar-refractivity contribution >= 4 is 0 Å². The molecule has 0 aliphatic carbocycles. The van der Waals surface area contributed by atoms with Crippen LogP contribution in [0.1, 0.15) is 24.5 Å². The first-order valence-corrected chi connectivity index (χ1v) is 6.04. The zero-order chi connectivity index (χ0) is 13.2. The molecule has 0 saturated heterocycles. The Labute approximate surface area is 108 Å². The van der Waals surface area contributed by atoms with Gasteiger partial charge in [-0.3, -0.25) is 0 Å². The quantitative estimate of drug-likeness (QED) is 0.664. The van der Waals surface area contributed by atoms with E-state index in [1.807, 2.05) is 12.1 Å². The van der Waals surface area contributed by atoms with Gasteiger partial charge in [-0.25, -0.2) is 0 Å². The van der Waals surface area contributed by atoms with Gasteiger partial charge in [0.1, 0.15) is 11.8 Å². The molecule has 98 valence electrons. The molecule has 0 aromatic heterocycles. The van der Waals surface area contributed by atoms with E-state index < -0.39 is 0 Å². The van der Waals surface area contributed by atoms with E-state index in [-0.39, 0.29) is 0 Å². The average molecular weight is 249 g/mol. The molecule has 0 bridgehead atoms. The van der Waals surface area contributed by atoms with Gasteiger partial charge < -0.3 is 14.2 Å². The van der Waals surface area contributed by atoms with E-state index in [1.165, 1.54) is 0 Å². The molecule has 18 heavy (non-hydrogen) atoms. The summed E-state index contributed by atoms with van der Waals surface area (Å²) in [5.41, 5.74) is 1.52. The van der Waals surface area contributed by atoms with Crippen LogP contribution in [0, 0.1) is 11.3 Å². The predicted octanol–water partition coefficient (Wildman–Crippen LogP) is 2.51. The lowest BCUT2D eigenvalue weighted by Gasteiger charge is -2.07. The van der Waals surface area contributed by atoms with Crippen LogP contribution in [-0.2, 0) is 16.1 Å². The maximum Gasteiger partial charge on any atom is 0.136 e.